The topological polar surface area (TPSA) is 107 Å². The van der Waals surface area contributed by atoms with E-state index in [1.54, 1.807) is 35.0 Å². The highest BCUT2D eigenvalue weighted by molar-refractivity contribution is 6.35. The van der Waals surface area contributed by atoms with Crippen molar-refractivity contribution < 1.29 is 14.3 Å². The fraction of sp³-hybridized carbons (Fsp3) is 0.444. The zero-order valence-corrected chi connectivity index (χ0v) is 23.4. The Morgan fingerprint density at radius 3 is 2.29 bits per heavy atom. The Balaban J connectivity index is 1.46. The van der Waals surface area contributed by atoms with Crippen LogP contribution in [0, 0.1) is 11.3 Å². The first-order valence-corrected chi connectivity index (χ1v) is 13.5. The number of H-pyrrole nitrogens is 1. The van der Waals surface area contributed by atoms with Crippen LogP contribution in [-0.4, -0.2) is 38.4 Å². The van der Waals surface area contributed by atoms with E-state index in [4.69, 9.17) is 23.2 Å². The Bertz CT molecular complexity index is 1220. The van der Waals surface area contributed by atoms with Crippen LogP contribution < -0.4 is 15.3 Å². The summed E-state index contributed by atoms with van der Waals surface area (Å²) in [6.07, 6.45) is 5.50. The van der Waals surface area contributed by atoms with Crippen molar-refractivity contribution in [2.45, 2.75) is 65.7 Å². The third-order valence-electron chi connectivity index (χ3n) is 7.14. The van der Waals surface area contributed by atoms with Gasteiger partial charge in [0.1, 0.15) is 5.10 Å². The normalized spacial score (nSPS) is 17.6. The van der Waals surface area contributed by atoms with E-state index in [1.165, 1.54) is 6.33 Å². The summed E-state index contributed by atoms with van der Waals surface area (Å²) in [4.78, 5) is 28.0. The molecule has 1 saturated carbocycles. The lowest BCUT2D eigenvalue weighted by Crippen LogP contribution is -2.45. The summed E-state index contributed by atoms with van der Waals surface area (Å²) in [5.74, 6) is 0.412. The van der Waals surface area contributed by atoms with Crippen LogP contribution in [0.5, 0.6) is 0 Å². The molecular formula is C27H34Cl2N7O2+. The number of tetrazole rings is 1. The molecule has 0 bridgehead atoms. The third kappa shape index (κ3) is 7.45. The van der Waals surface area contributed by atoms with Crippen molar-refractivity contribution in [3.05, 3.63) is 70.0 Å². The highest BCUT2D eigenvalue weighted by Crippen LogP contribution is 2.39. The Labute approximate surface area is 232 Å². The molecule has 9 nitrogen and oxygen atoms in total. The number of hydrogen-bond acceptors (Lipinski definition) is 4. The van der Waals surface area contributed by atoms with Crippen LogP contribution in [0.3, 0.4) is 0 Å². The van der Waals surface area contributed by atoms with Gasteiger partial charge in [-0.2, -0.15) is 0 Å². The Morgan fingerprint density at radius 2 is 1.71 bits per heavy atom. The molecule has 0 atom stereocenters. The van der Waals surface area contributed by atoms with E-state index in [-0.39, 0.29) is 30.1 Å². The number of aromatic nitrogens is 4. The predicted molar refractivity (Wildman–Crippen MR) is 147 cm³/mol. The molecule has 0 aliphatic heterocycles. The lowest BCUT2D eigenvalue weighted by molar-refractivity contribution is -0.757. The van der Waals surface area contributed by atoms with Crippen molar-refractivity contribution >= 4 is 40.8 Å². The van der Waals surface area contributed by atoms with E-state index < -0.39 is 0 Å². The maximum atomic E-state index is 13.5. The maximum absolute atomic E-state index is 13.5. The Morgan fingerprint density at radius 1 is 1.05 bits per heavy atom. The summed E-state index contributed by atoms with van der Waals surface area (Å²) in [6.45, 7) is 7.50. The average molecular weight is 560 g/mol. The number of nitrogens with zero attached hydrogens (tertiary/aromatic N) is 4. The molecule has 1 fully saturated rings. The zero-order valence-electron chi connectivity index (χ0n) is 21.9. The van der Waals surface area contributed by atoms with Gasteiger partial charge in [0.2, 0.25) is 0 Å². The summed E-state index contributed by atoms with van der Waals surface area (Å²) in [5, 5.41) is 16.6. The van der Waals surface area contributed by atoms with Crippen LogP contribution in [-0.2, 0) is 13.2 Å². The fourth-order valence-electron chi connectivity index (χ4n) is 4.93. The van der Waals surface area contributed by atoms with E-state index in [0.29, 0.717) is 33.8 Å². The monoisotopic (exact) mass is 558 g/mol. The number of urea groups is 1. The number of carbonyl (C=O) groups is 2. The molecule has 1 heterocycles. The second-order valence-electron chi connectivity index (χ2n) is 10.8. The summed E-state index contributed by atoms with van der Waals surface area (Å²) in [6, 6.07) is 12.2. The molecule has 3 N–H and O–H groups in total. The zero-order chi connectivity index (χ0) is 27.3. The van der Waals surface area contributed by atoms with Gasteiger partial charge in [-0.15, -0.1) is 4.68 Å². The van der Waals surface area contributed by atoms with Crippen LogP contribution in [0.25, 0.3) is 0 Å². The largest absolute Gasteiger partial charge is 0.322 e. The van der Waals surface area contributed by atoms with E-state index in [0.717, 1.165) is 31.2 Å². The van der Waals surface area contributed by atoms with E-state index >= 15 is 0 Å². The third-order valence-corrected chi connectivity index (χ3v) is 7.57. The molecule has 0 saturated heterocycles. The summed E-state index contributed by atoms with van der Waals surface area (Å²) in [7, 11) is 0. The van der Waals surface area contributed by atoms with Gasteiger partial charge >= 0.3 is 6.03 Å². The van der Waals surface area contributed by atoms with Gasteiger partial charge in [-0.1, -0.05) is 61.3 Å². The molecule has 3 amide bonds. The highest BCUT2D eigenvalue weighted by atomic mass is 35.5. The number of anilines is 1. The van der Waals surface area contributed by atoms with Gasteiger partial charge in [0.25, 0.3) is 12.2 Å². The van der Waals surface area contributed by atoms with E-state index in [9.17, 15) is 9.59 Å². The van der Waals surface area contributed by atoms with Crippen molar-refractivity contribution in [1.29, 1.82) is 0 Å². The molecule has 1 aromatic heterocycles. The summed E-state index contributed by atoms with van der Waals surface area (Å²) in [5.41, 5.74) is 2.26. The van der Waals surface area contributed by atoms with Crippen molar-refractivity contribution in [3.8, 4) is 0 Å². The summed E-state index contributed by atoms with van der Waals surface area (Å²) >= 11 is 12.3. The molecule has 38 heavy (non-hydrogen) atoms. The minimum atomic E-state index is -0.216. The number of carbonyl (C=O) groups excluding carboxylic acids is 2. The number of halogens is 2. The first-order valence-electron chi connectivity index (χ1n) is 12.7. The number of rotatable bonds is 7. The highest BCUT2D eigenvalue weighted by Gasteiger charge is 2.33. The molecule has 11 heteroatoms. The van der Waals surface area contributed by atoms with Crippen molar-refractivity contribution in [1.82, 2.24) is 25.7 Å². The molecule has 4 rings (SSSR count). The average Bonchev–Trinajstić information content (AvgIpc) is 3.39. The molecule has 0 spiro atoms. The van der Waals surface area contributed by atoms with Crippen LogP contribution in [0.4, 0.5) is 10.5 Å². The second-order valence-corrected chi connectivity index (χ2v) is 11.7. The van der Waals surface area contributed by atoms with Gasteiger partial charge < -0.3 is 15.5 Å². The summed E-state index contributed by atoms with van der Waals surface area (Å²) < 4.78 is 1.55. The Kier molecular flexibility index (Phi) is 8.89. The van der Waals surface area contributed by atoms with Gasteiger partial charge in [-0.3, -0.25) is 4.79 Å². The van der Waals surface area contributed by atoms with Crippen LogP contribution in [0.1, 0.15) is 62.4 Å². The number of benzene rings is 2. The Hall–Kier alpha value is -3.17. The quantitative estimate of drug-likeness (QED) is 0.336. The number of hydrogen-bond donors (Lipinski definition) is 3. The first-order chi connectivity index (χ1) is 18.1. The van der Waals surface area contributed by atoms with Gasteiger partial charge in [0, 0.05) is 33.9 Å². The predicted octanol–water partition coefficient (Wildman–Crippen LogP) is 5.43. The number of aromatic amines is 1. The van der Waals surface area contributed by atoms with Gasteiger partial charge in [-0.05, 0) is 72.9 Å². The van der Waals surface area contributed by atoms with Crippen LogP contribution in [0.15, 0.2) is 48.8 Å². The van der Waals surface area contributed by atoms with Crippen molar-refractivity contribution in [2.24, 2.45) is 11.3 Å². The maximum Gasteiger partial charge on any atom is 0.322 e. The van der Waals surface area contributed by atoms with Gasteiger partial charge in [0.05, 0.1) is 0 Å². The number of nitrogens with one attached hydrogen (secondary N) is 3. The molecule has 1 aliphatic rings. The smallest absolute Gasteiger partial charge is 0.320 e. The van der Waals surface area contributed by atoms with Crippen LogP contribution >= 0.6 is 23.2 Å². The molecule has 3 aromatic rings. The van der Waals surface area contributed by atoms with E-state index in [1.807, 2.05) is 17.0 Å². The van der Waals surface area contributed by atoms with Crippen LogP contribution in [0.2, 0.25) is 10.0 Å². The fourth-order valence-corrected chi connectivity index (χ4v) is 5.46. The molecule has 202 valence electrons. The SMILES string of the molecule is CC(C)(C)C1CCC(N(Cc2ccc(C(=O)NC[n+]3cnn[nH]3)cc2)C(=O)Nc2cc(Cl)cc(Cl)c2)CC1. The molecular weight excluding hydrogens is 525 g/mol. The second kappa shape index (κ2) is 12.1. The number of amides is 3. The first kappa shape index (κ1) is 27.9. The van der Waals surface area contributed by atoms with Gasteiger partial charge in [-0.25, -0.2) is 4.79 Å². The minimum Gasteiger partial charge on any atom is -0.320 e. The lowest BCUT2D eigenvalue weighted by atomic mass is 9.71. The van der Waals surface area contributed by atoms with Gasteiger partial charge in [0.15, 0.2) is 11.9 Å². The molecule has 2 aromatic carbocycles. The standard InChI is InChI=1S/C27H33Cl2N7O2/c1-27(2,3)20-8-10-24(11-9-20)36(26(38)32-23-13-21(28)12-22(29)14-23)15-18-4-6-19(7-5-18)25(37)30-16-35-17-31-33-34-35/h4-7,12-14,17,20,24H,8-11,15-16H2,1-3H3,(H2,30,32,37,38)/p+1. The lowest BCUT2D eigenvalue weighted by Gasteiger charge is -2.41. The van der Waals surface area contributed by atoms with Crippen molar-refractivity contribution in [3.63, 3.8) is 0 Å². The van der Waals surface area contributed by atoms with Crippen molar-refractivity contribution in [2.75, 3.05) is 5.32 Å². The minimum absolute atomic E-state index is 0.103. The molecule has 0 unspecified atom stereocenters. The molecule has 1 aliphatic carbocycles. The molecule has 0 radical (unpaired) electrons. The van der Waals surface area contributed by atoms with E-state index in [2.05, 4.69) is 46.9 Å².